The van der Waals surface area contributed by atoms with E-state index in [4.69, 9.17) is 0 Å². The Kier molecular flexibility index (Phi) is 4.10. The van der Waals surface area contributed by atoms with E-state index >= 15 is 0 Å². The maximum absolute atomic E-state index is 13.3. The summed E-state index contributed by atoms with van der Waals surface area (Å²) < 4.78 is 15.1. The van der Waals surface area contributed by atoms with Crippen LogP contribution in [0.3, 0.4) is 0 Å². The number of halogens is 1. The predicted octanol–water partition coefficient (Wildman–Crippen LogP) is 2.68. The fourth-order valence-corrected chi connectivity index (χ4v) is 2.08. The Morgan fingerprint density at radius 2 is 2.22 bits per heavy atom. The van der Waals surface area contributed by atoms with Crippen LogP contribution in [0.4, 0.5) is 4.39 Å². The van der Waals surface area contributed by atoms with Crippen LogP contribution in [0.15, 0.2) is 30.5 Å². The number of hydrogen-bond donors (Lipinski definition) is 1. The first kappa shape index (κ1) is 12.8. The lowest BCUT2D eigenvalue weighted by atomic mass is 10.1. The largest absolute Gasteiger partial charge is 0.316 e. The molecule has 3 nitrogen and oxygen atoms in total. The van der Waals surface area contributed by atoms with Crippen molar-refractivity contribution >= 4 is 0 Å². The fourth-order valence-electron chi connectivity index (χ4n) is 2.08. The summed E-state index contributed by atoms with van der Waals surface area (Å²) in [7, 11) is 1.91. The smallest absolute Gasteiger partial charge is 0.125 e. The number of nitrogens with one attached hydrogen (secondary N) is 1. The second kappa shape index (κ2) is 5.78. The highest BCUT2D eigenvalue weighted by Crippen LogP contribution is 2.17. The lowest BCUT2D eigenvalue weighted by Gasteiger charge is -2.09. The Hall–Kier alpha value is -1.68. The van der Waals surface area contributed by atoms with Crippen molar-refractivity contribution in [1.29, 1.82) is 0 Å². The topological polar surface area (TPSA) is 29.9 Å². The van der Waals surface area contributed by atoms with Gasteiger partial charge in [-0.3, -0.25) is 0 Å². The molecular formula is C14H18FN3. The number of rotatable bonds is 5. The molecule has 1 heterocycles. The Morgan fingerprint density at radius 1 is 1.39 bits per heavy atom. The van der Waals surface area contributed by atoms with Gasteiger partial charge in [0.1, 0.15) is 5.82 Å². The first-order valence-electron chi connectivity index (χ1n) is 6.22. The van der Waals surface area contributed by atoms with E-state index in [1.165, 1.54) is 17.7 Å². The molecule has 0 saturated carbocycles. The molecule has 0 bridgehead atoms. The minimum Gasteiger partial charge on any atom is -0.316 e. The number of benzene rings is 1. The molecular weight excluding hydrogens is 229 g/mol. The first-order valence-corrected chi connectivity index (χ1v) is 6.22. The normalized spacial score (nSPS) is 10.8. The Labute approximate surface area is 107 Å². The van der Waals surface area contributed by atoms with E-state index in [2.05, 4.69) is 17.3 Å². The van der Waals surface area contributed by atoms with Gasteiger partial charge in [-0.1, -0.05) is 19.4 Å². The molecule has 0 atom stereocenters. The zero-order valence-corrected chi connectivity index (χ0v) is 10.8. The summed E-state index contributed by atoms with van der Waals surface area (Å²) >= 11 is 0. The molecule has 0 radical (unpaired) electrons. The molecule has 1 N–H and O–H groups in total. The van der Waals surface area contributed by atoms with E-state index in [0.29, 0.717) is 0 Å². The van der Waals surface area contributed by atoms with Crippen LogP contribution < -0.4 is 5.32 Å². The SMILES string of the molecule is CCCc1c(CNC)cnn1-c1cccc(F)c1. The maximum Gasteiger partial charge on any atom is 0.125 e. The van der Waals surface area contributed by atoms with Crippen molar-refractivity contribution in [2.24, 2.45) is 0 Å². The van der Waals surface area contributed by atoms with E-state index in [-0.39, 0.29) is 5.82 Å². The molecule has 1 aromatic heterocycles. The average molecular weight is 247 g/mol. The van der Waals surface area contributed by atoms with Crippen molar-refractivity contribution in [3.05, 3.63) is 47.5 Å². The second-order valence-electron chi connectivity index (χ2n) is 4.29. The van der Waals surface area contributed by atoms with Crippen molar-refractivity contribution in [3.8, 4) is 5.69 Å². The van der Waals surface area contributed by atoms with Gasteiger partial charge in [-0.25, -0.2) is 9.07 Å². The lowest BCUT2D eigenvalue weighted by Crippen LogP contribution is -2.09. The Bertz CT molecular complexity index is 520. The van der Waals surface area contributed by atoms with E-state index in [9.17, 15) is 4.39 Å². The summed E-state index contributed by atoms with van der Waals surface area (Å²) in [5, 5.41) is 7.51. The van der Waals surface area contributed by atoms with E-state index in [1.54, 1.807) is 6.07 Å². The summed E-state index contributed by atoms with van der Waals surface area (Å²) in [6.45, 7) is 2.91. The summed E-state index contributed by atoms with van der Waals surface area (Å²) in [5.74, 6) is -0.236. The minimum absolute atomic E-state index is 0.236. The third-order valence-electron chi connectivity index (χ3n) is 2.86. The maximum atomic E-state index is 13.3. The molecule has 18 heavy (non-hydrogen) atoms. The van der Waals surface area contributed by atoms with Crippen LogP contribution in [-0.4, -0.2) is 16.8 Å². The quantitative estimate of drug-likeness (QED) is 0.880. The zero-order valence-electron chi connectivity index (χ0n) is 10.8. The predicted molar refractivity (Wildman–Crippen MR) is 70.3 cm³/mol. The Morgan fingerprint density at radius 3 is 2.89 bits per heavy atom. The lowest BCUT2D eigenvalue weighted by molar-refractivity contribution is 0.624. The van der Waals surface area contributed by atoms with Crippen molar-refractivity contribution in [2.75, 3.05) is 7.05 Å². The van der Waals surface area contributed by atoms with Crippen LogP contribution >= 0.6 is 0 Å². The molecule has 1 aromatic carbocycles. The van der Waals surface area contributed by atoms with E-state index in [0.717, 1.165) is 30.8 Å². The van der Waals surface area contributed by atoms with Gasteiger partial charge in [0.25, 0.3) is 0 Å². The van der Waals surface area contributed by atoms with Gasteiger partial charge in [-0.05, 0) is 31.7 Å². The van der Waals surface area contributed by atoms with Crippen molar-refractivity contribution in [2.45, 2.75) is 26.3 Å². The van der Waals surface area contributed by atoms with Gasteiger partial charge in [0.2, 0.25) is 0 Å². The highest BCUT2D eigenvalue weighted by atomic mass is 19.1. The van der Waals surface area contributed by atoms with Crippen LogP contribution in [0, 0.1) is 5.82 Å². The minimum atomic E-state index is -0.236. The van der Waals surface area contributed by atoms with E-state index < -0.39 is 0 Å². The molecule has 2 rings (SSSR count). The molecule has 0 fully saturated rings. The molecule has 0 spiro atoms. The molecule has 0 aliphatic rings. The summed E-state index contributed by atoms with van der Waals surface area (Å²) in [6.07, 6.45) is 3.83. The van der Waals surface area contributed by atoms with E-state index in [1.807, 2.05) is 24.0 Å². The number of aromatic nitrogens is 2. The molecule has 0 unspecified atom stereocenters. The van der Waals surface area contributed by atoms with Crippen molar-refractivity contribution < 1.29 is 4.39 Å². The van der Waals surface area contributed by atoms with Crippen LogP contribution in [0.5, 0.6) is 0 Å². The fraction of sp³-hybridized carbons (Fsp3) is 0.357. The van der Waals surface area contributed by atoms with Gasteiger partial charge >= 0.3 is 0 Å². The average Bonchev–Trinajstić information content (AvgIpc) is 2.74. The number of nitrogens with zero attached hydrogens (tertiary/aromatic N) is 2. The molecule has 0 aliphatic heterocycles. The molecule has 2 aromatic rings. The van der Waals surface area contributed by atoms with Gasteiger partial charge < -0.3 is 5.32 Å². The van der Waals surface area contributed by atoms with Gasteiger partial charge in [-0.15, -0.1) is 0 Å². The molecule has 96 valence electrons. The van der Waals surface area contributed by atoms with Crippen LogP contribution in [0.1, 0.15) is 24.6 Å². The summed E-state index contributed by atoms with van der Waals surface area (Å²) in [4.78, 5) is 0. The first-order chi connectivity index (χ1) is 8.76. The molecule has 0 aliphatic carbocycles. The van der Waals surface area contributed by atoms with Gasteiger partial charge in [0.15, 0.2) is 0 Å². The molecule has 0 saturated heterocycles. The van der Waals surface area contributed by atoms with Crippen LogP contribution in [-0.2, 0) is 13.0 Å². The summed E-state index contributed by atoms with van der Waals surface area (Å²) in [5.41, 5.74) is 3.10. The Balaban J connectivity index is 2.43. The van der Waals surface area contributed by atoms with Crippen molar-refractivity contribution in [1.82, 2.24) is 15.1 Å². The molecule has 0 amide bonds. The monoisotopic (exact) mass is 247 g/mol. The molecule has 4 heteroatoms. The third-order valence-corrected chi connectivity index (χ3v) is 2.86. The van der Waals surface area contributed by atoms with Gasteiger partial charge in [-0.2, -0.15) is 5.10 Å². The van der Waals surface area contributed by atoms with Gasteiger partial charge in [0.05, 0.1) is 11.9 Å². The standard InChI is InChI=1S/C14H18FN3/c1-3-5-14-11(9-16-2)10-17-18(14)13-7-4-6-12(15)8-13/h4,6-8,10,16H,3,5,9H2,1-2H3. The van der Waals surface area contributed by atoms with Gasteiger partial charge in [0, 0.05) is 17.8 Å². The van der Waals surface area contributed by atoms with Crippen LogP contribution in [0.25, 0.3) is 5.69 Å². The number of hydrogen-bond acceptors (Lipinski definition) is 2. The van der Waals surface area contributed by atoms with Crippen molar-refractivity contribution in [3.63, 3.8) is 0 Å². The highest BCUT2D eigenvalue weighted by Gasteiger charge is 2.11. The third kappa shape index (κ3) is 2.59. The second-order valence-corrected chi connectivity index (χ2v) is 4.29. The van der Waals surface area contributed by atoms with Crippen LogP contribution in [0.2, 0.25) is 0 Å². The highest BCUT2D eigenvalue weighted by molar-refractivity contribution is 5.35. The zero-order chi connectivity index (χ0) is 13.0. The summed E-state index contributed by atoms with van der Waals surface area (Å²) in [6, 6.07) is 6.54.